The minimum absolute atomic E-state index is 0.505. The summed E-state index contributed by atoms with van der Waals surface area (Å²) in [5, 5.41) is 19.2. The van der Waals surface area contributed by atoms with Crippen LogP contribution in [0.2, 0.25) is 0 Å². The Kier molecular flexibility index (Phi) is 4.50. The highest BCUT2D eigenvalue weighted by atomic mass is 32.1. The van der Waals surface area contributed by atoms with E-state index < -0.39 is 18.0 Å². The van der Waals surface area contributed by atoms with E-state index in [-0.39, 0.29) is 0 Å². The number of hydrogen-bond donors (Lipinski definition) is 2. The van der Waals surface area contributed by atoms with Crippen LogP contribution in [0.5, 0.6) is 0 Å². The molecule has 0 radical (unpaired) electrons. The van der Waals surface area contributed by atoms with Crippen LogP contribution in [0.15, 0.2) is 6.07 Å². The van der Waals surface area contributed by atoms with E-state index in [0.717, 1.165) is 21.7 Å². The molecule has 1 rings (SSSR count). The van der Waals surface area contributed by atoms with Gasteiger partial charge in [-0.05, 0) is 31.9 Å². The van der Waals surface area contributed by atoms with Gasteiger partial charge in [0.05, 0.1) is 12.0 Å². The predicted molar refractivity (Wildman–Crippen MR) is 64.8 cm³/mol. The lowest BCUT2D eigenvalue weighted by atomic mass is 9.92. The molecule has 0 amide bonds. The highest BCUT2D eigenvalue weighted by Crippen LogP contribution is 2.32. The summed E-state index contributed by atoms with van der Waals surface area (Å²) in [5.74, 6) is -1.62. The SMILES string of the molecule is CCCC(C(=O)O)C(O)c1cc(C)sc1C. The Morgan fingerprint density at radius 2 is 2.12 bits per heavy atom. The van der Waals surface area contributed by atoms with Crippen molar-refractivity contribution in [3.63, 3.8) is 0 Å². The van der Waals surface area contributed by atoms with E-state index in [1.165, 1.54) is 0 Å². The van der Waals surface area contributed by atoms with Gasteiger partial charge in [-0.1, -0.05) is 13.3 Å². The Bertz CT molecular complexity index is 370. The molecule has 0 fully saturated rings. The van der Waals surface area contributed by atoms with Crippen LogP contribution in [-0.4, -0.2) is 16.2 Å². The van der Waals surface area contributed by atoms with E-state index >= 15 is 0 Å². The quantitative estimate of drug-likeness (QED) is 0.834. The molecular formula is C12H18O3S. The lowest BCUT2D eigenvalue weighted by Gasteiger charge is -2.18. The first kappa shape index (κ1) is 13.2. The van der Waals surface area contributed by atoms with Gasteiger partial charge in [-0.3, -0.25) is 4.79 Å². The van der Waals surface area contributed by atoms with Crippen molar-refractivity contribution in [3.8, 4) is 0 Å². The summed E-state index contributed by atoms with van der Waals surface area (Å²) in [6, 6.07) is 1.89. The Hall–Kier alpha value is -0.870. The number of aliphatic hydroxyl groups excluding tert-OH is 1. The summed E-state index contributed by atoms with van der Waals surface area (Å²) in [6.45, 7) is 5.80. The smallest absolute Gasteiger partial charge is 0.309 e. The summed E-state index contributed by atoms with van der Waals surface area (Å²) in [7, 11) is 0. The third kappa shape index (κ3) is 2.83. The van der Waals surface area contributed by atoms with Crippen molar-refractivity contribution in [2.24, 2.45) is 5.92 Å². The molecule has 1 aromatic rings. The number of carboxylic acid groups (broad SMARTS) is 1. The average Bonchev–Trinajstić information content (AvgIpc) is 2.53. The molecule has 0 bridgehead atoms. The molecule has 0 aliphatic heterocycles. The molecule has 2 N–H and O–H groups in total. The van der Waals surface area contributed by atoms with Crippen molar-refractivity contribution in [3.05, 3.63) is 21.4 Å². The van der Waals surface area contributed by atoms with Gasteiger partial charge in [0, 0.05) is 9.75 Å². The number of aryl methyl sites for hydroxylation is 2. The molecule has 2 atom stereocenters. The van der Waals surface area contributed by atoms with Crippen molar-refractivity contribution in [1.82, 2.24) is 0 Å². The second-order valence-electron chi connectivity index (χ2n) is 4.05. The van der Waals surface area contributed by atoms with Gasteiger partial charge in [-0.15, -0.1) is 11.3 Å². The lowest BCUT2D eigenvalue weighted by molar-refractivity contribution is -0.146. The molecular weight excluding hydrogens is 224 g/mol. The largest absolute Gasteiger partial charge is 0.481 e. The van der Waals surface area contributed by atoms with E-state index in [4.69, 9.17) is 5.11 Å². The van der Waals surface area contributed by atoms with Crippen molar-refractivity contribution in [2.45, 2.75) is 39.7 Å². The maximum absolute atomic E-state index is 11.1. The summed E-state index contributed by atoms with van der Waals surface area (Å²) < 4.78 is 0. The minimum Gasteiger partial charge on any atom is -0.481 e. The number of carbonyl (C=O) groups is 1. The van der Waals surface area contributed by atoms with E-state index in [1.54, 1.807) is 11.3 Å². The number of carboxylic acids is 1. The normalized spacial score (nSPS) is 14.8. The monoisotopic (exact) mass is 242 g/mol. The lowest BCUT2D eigenvalue weighted by Crippen LogP contribution is -2.22. The molecule has 0 aliphatic carbocycles. The van der Waals surface area contributed by atoms with Crippen LogP contribution < -0.4 is 0 Å². The first-order chi connectivity index (χ1) is 7.47. The maximum Gasteiger partial charge on any atom is 0.309 e. The number of thiophene rings is 1. The topological polar surface area (TPSA) is 57.5 Å². The molecule has 4 heteroatoms. The summed E-state index contributed by atoms with van der Waals surface area (Å²) in [5.41, 5.74) is 0.767. The van der Waals surface area contributed by atoms with Crippen LogP contribution in [0, 0.1) is 19.8 Å². The van der Waals surface area contributed by atoms with Crippen LogP contribution in [-0.2, 0) is 4.79 Å². The average molecular weight is 242 g/mol. The van der Waals surface area contributed by atoms with Gasteiger partial charge in [0.1, 0.15) is 0 Å². The van der Waals surface area contributed by atoms with Gasteiger partial charge in [0.25, 0.3) is 0 Å². The molecule has 1 aromatic heterocycles. The molecule has 16 heavy (non-hydrogen) atoms. The van der Waals surface area contributed by atoms with Crippen molar-refractivity contribution >= 4 is 17.3 Å². The van der Waals surface area contributed by atoms with Crippen LogP contribution in [0.3, 0.4) is 0 Å². The Morgan fingerprint density at radius 1 is 1.50 bits per heavy atom. The zero-order valence-corrected chi connectivity index (χ0v) is 10.7. The highest BCUT2D eigenvalue weighted by Gasteiger charge is 2.28. The predicted octanol–water partition coefficient (Wildman–Crippen LogP) is 2.90. The van der Waals surface area contributed by atoms with E-state index in [2.05, 4.69) is 0 Å². The molecule has 90 valence electrons. The number of aliphatic hydroxyl groups is 1. The molecule has 1 heterocycles. The van der Waals surface area contributed by atoms with Crippen molar-refractivity contribution in [1.29, 1.82) is 0 Å². The highest BCUT2D eigenvalue weighted by molar-refractivity contribution is 7.12. The Labute approximate surface area is 99.7 Å². The van der Waals surface area contributed by atoms with Gasteiger partial charge in [0.15, 0.2) is 0 Å². The van der Waals surface area contributed by atoms with E-state index in [0.29, 0.717) is 6.42 Å². The third-order valence-corrected chi connectivity index (χ3v) is 3.68. The fourth-order valence-electron chi connectivity index (χ4n) is 1.89. The minimum atomic E-state index is -0.919. The van der Waals surface area contributed by atoms with Gasteiger partial charge >= 0.3 is 5.97 Å². The zero-order valence-electron chi connectivity index (χ0n) is 9.86. The fraction of sp³-hybridized carbons (Fsp3) is 0.583. The number of hydrogen-bond acceptors (Lipinski definition) is 3. The summed E-state index contributed by atoms with van der Waals surface area (Å²) in [6.07, 6.45) is 0.378. The Balaban J connectivity index is 2.93. The van der Waals surface area contributed by atoms with Gasteiger partial charge in [-0.2, -0.15) is 0 Å². The molecule has 0 spiro atoms. The molecule has 3 nitrogen and oxygen atoms in total. The summed E-state index contributed by atoms with van der Waals surface area (Å²) >= 11 is 1.59. The number of aliphatic carboxylic acids is 1. The van der Waals surface area contributed by atoms with Crippen LogP contribution in [0.4, 0.5) is 0 Å². The standard InChI is InChI=1S/C12H18O3S/c1-4-5-9(12(14)15)11(13)10-6-7(2)16-8(10)3/h6,9,11,13H,4-5H2,1-3H3,(H,14,15). The zero-order chi connectivity index (χ0) is 12.3. The molecule has 2 unspecified atom stereocenters. The fourth-order valence-corrected chi connectivity index (χ4v) is 2.85. The first-order valence-electron chi connectivity index (χ1n) is 5.45. The van der Waals surface area contributed by atoms with Gasteiger partial charge in [-0.25, -0.2) is 0 Å². The van der Waals surface area contributed by atoms with Gasteiger partial charge < -0.3 is 10.2 Å². The molecule has 0 aromatic carbocycles. The van der Waals surface area contributed by atoms with E-state index in [1.807, 2.05) is 26.8 Å². The molecule has 0 saturated heterocycles. The van der Waals surface area contributed by atoms with Crippen molar-refractivity contribution < 1.29 is 15.0 Å². The van der Waals surface area contributed by atoms with Crippen LogP contribution in [0.1, 0.15) is 41.2 Å². The maximum atomic E-state index is 11.1. The van der Waals surface area contributed by atoms with Crippen LogP contribution in [0.25, 0.3) is 0 Å². The number of rotatable bonds is 5. The van der Waals surface area contributed by atoms with Gasteiger partial charge in [0.2, 0.25) is 0 Å². The first-order valence-corrected chi connectivity index (χ1v) is 6.26. The van der Waals surface area contributed by atoms with Crippen molar-refractivity contribution in [2.75, 3.05) is 0 Å². The van der Waals surface area contributed by atoms with Crippen LogP contribution >= 0.6 is 11.3 Å². The van der Waals surface area contributed by atoms with E-state index in [9.17, 15) is 9.90 Å². The molecule has 0 aliphatic rings. The summed E-state index contributed by atoms with van der Waals surface area (Å²) in [4.78, 5) is 13.2. The second kappa shape index (κ2) is 5.46. The second-order valence-corrected chi connectivity index (χ2v) is 5.51. The third-order valence-electron chi connectivity index (χ3n) is 2.70. The molecule has 0 saturated carbocycles. The Morgan fingerprint density at radius 3 is 2.50 bits per heavy atom.